The van der Waals surface area contributed by atoms with Crippen LogP contribution in [0.4, 0.5) is 0 Å². The molecule has 0 fully saturated rings. The fourth-order valence-corrected chi connectivity index (χ4v) is 2.53. The Bertz CT molecular complexity index is 401. The maximum Gasteiger partial charge on any atom is 0.142 e. The Morgan fingerprint density at radius 1 is 1.59 bits per heavy atom. The molecule has 1 atom stereocenters. The average Bonchev–Trinajstić information content (AvgIpc) is 2.56. The highest BCUT2D eigenvalue weighted by Crippen LogP contribution is 2.22. The zero-order chi connectivity index (χ0) is 13.0. The van der Waals surface area contributed by atoms with Gasteiger partial charge < -0.3 is 5.32 Å². The van der Waals surface area contributed by atoms with E-state index in [0.29, 0.717) is 6.42 Å². The molecule has 0 bridgehead atoms. The molecule has 0 saturated carbocycles. The fourth-order valence-electron chi connectivity index (χ4n) is 1.77. The van der Waals surface area contributed by atoms with Crippen molar-refractivity contribution in [3.63, 3.8) is 0 Å². The van der Waals surface area contributed by atoms with Gasteiger partial charge in [0.1, 0.15) is 5.78 Å². The van der Waals surface area contributed by atoms with Gasteiger partial charge in [0, 0.05) is 25.9 Å². The average molecular weight is 302 g/mol. The second-order valence-corrected chi connectivity index (χ2v) is 5.08. The molecule has 0 amide bonds. The monoisotopic (exact) mass is 301 g/mol. The number of rotatable bonds is 6. The molecule has 1 aromatic rings. The summed E-state index contributed by atoms with van der Waals surface area (Å²) in [5, 5.41) is 7.41. The van der Waals surface area contributed by atoms with Crippen LogP contribution in [0, 0.1) is 5.92 Å². The van der Waals surface area contributed by atoms with E-state index in [9.17, 15) is 4.79 Å². The smallest absolute Gasteiger partial charge is 0.142 e. The Balaban J connectivity index is 2.81. The molecular weight excluding hydrogens is 282 g/mol. The Morgan fingerprint density at radius 2 is 2.24 bits per heavy atom. The van der Waals surface area contributed by atoms with Crippen LogP contribution in [0.15, 0.2) is 4.47 Å². The summed E-state index contributed by atoms with van der Waals surface area (Å²) < 4.78 is 2.78. The molecule has 1 rings (SSSR count). The third kappa shape index (κ3) is 3.39. The van der Waals surface area contributed by atoms with Gasteiger partial charge in [-0.2, -0.15) is 5.10 Å². The first-order chi connectivity index (χ1) is 8.01. The van der Waals surface area contributed by atoms with E-state index in [1.54, 1.807) is 4.68 Å². The molecule has 0 aromatic carbocycles. The van der Waals surface area contributed by atoms with Crippen LogP contribution in [0.25, 0.3) is 0 Å². The lowest BCUT2D eigenvalue weighted by atomic mass is 10.0. The predicted octanol–water partition coefficient (Wildman–Crippen LogP) is 1.71. The van der Waals surface area contributed by atoms with Crippen molar-refractivity contribution in [2.75, 3.05) is 13.6 Å². The minimum absolute atomic E-state index is 0.0341. The number of nitrogens with zero attached hydrogens (tertiary/aromatic N) is 2. The second-order valence-electron chi connectivity index (χ2n) is 4.29. The Kier molecular flexibility index (Phi) is 5.33. The van der Waals surface area contributed by atoms with Gasteiger partial charge in [-0.05, 0) is 29.4 Å². The molecule has 96 valence electrons. The highest BCUT2D eigenvalue weighted by Gasteiger charge is 2.19. The SMILES string of the molecule is CCc1nn(C)c(CC(=O)C(C)CNC)c1Br. The molecular formula is C12H20BrN3O. The van der Waals surface area contributed by atoms with Gasteiger partial charge in [-0.3, -0.25) is 9.48 Å². The lowest BCUT2D eigenvalue weighted by Crippen LogP contribution is -2.25. The largest absolute Gasteiger partial charge is 0.319 e. The third-order valence-corrected chi connectivity index (χ3v) is 3.82. The van der Waals surface area contributed by atoms with Gasteiger partial charge in [-0.1, -0.05) is 13.8 Å². The molecule has 4 nitrogen and oxygen atoms in total. The van der Waals surface area contributed by atoms with E-state index < -0.39 is 0 Å². The zero-order valence-corrected chi connectivity index (χ0v) is 12.5. The maximum atomic E-state index is 12.0. The number of Topliss-reactive ketones (excluding diaryl/α,β-unsaturated/α-hetero) is 1. The first kappa shape index (κ1) is 14.4. The molecule has 17 heavy (non-hydrogen) atoms. The van der Waals surface area contributed by atoms with Crippen LogP contribution < -0.4 is 5.32 Å². The molecule has 1 aromatic heterocycles. The van der Waals surface area contributed by atoms with Crippen LogP contribution in [0.2, 0.25) is 0 Å². The standard InChI is InChI=1S/C12H20BrN3O/c1-5-9-12(13)10(16(4)15-9)6-11(17)8(2)7-14-3/h8,14H,5-7H2,1-4H3. The topological polar surface area (TPSA) is 46.9 Å². The quantitative estimate of drug-likeness (QED) is 0.870. The highest BCUT2D eigenvalue weighted by atomic mass is 79.9. The molecule has 0 aliphatic rings. The number of halogens is 1. The predicted molar refractivity (Wildman–Crippen MR) is 72.1 cm³/mol. The third-order valence-electron chi connectivity index (χ3n) is 2.90. The molecule has 0 radical (unpaired) electrons. The van der Waals surface area contributed by atoms with Gasteiger partial charge in [-0.15, -0.1) is 0 Å². The Hall–Kier alpha value is -0.680. The summed E-state index contributed by atoms with van der Waals surface area (Å²) in [6, 6.07) is 0. The molecule has 0 aliphatic heterocycles. The number of aryl methyl sites for hydroxylation is 2. The molecule has 1 unspecified atom stereocenters. The van der Waals surface area contributed by atoms with E-state index in [-0.39, 0.29) is 11.7 Å². The molecule has 1 heterocycles. The number of hydrogen-bond acceptors (Lipinski definition) is 3. The fraction of sp³-hybridized carbons (Fsp3) is 0.667. The molecule has 0 spiro atoms. The van der Waals surface area contributed by atoms with E-state index in [0.717, 1.165) is 28.8 Å². The van der Waals surface area contributed by atoms with Crippen molar-refractivity contribution in [3.8, 4) is 0 Å². The first-order valence-electron chi connectivity index (χ1n) is 5.88. The van der Waals surface area contributed by atoms with E-state index in [4.69, 9.17) is 0 Å². The van der Waals surface area contributed by atoms with E-state index in [1.807, 2.05) is 21.0 Å². The van der Waals surface area contributed by atoms with Crippen LogP contribution in [0.3, 0.4) is 0 Å². The van der Waals surface area contributed by atoms with E-state index in [1.165, 1.54) is 0 Å². The minimum Gasteiger partial charge on any atom is -0.319 e. The van der Waals surface area contributed by atoms with Gasteiger partial charge >= 0.3 is 0 Å². The summed E-state index contributed by atoms with van der Waals surface area (Å²) in [7, 11) is 3.74. The van der Waals surface area contributed by atoms with Crippen molar-refractivity contribution >= 4 is 21.7 Å². The van der Waals surface area contributed by atoms with Gasteiger partial charge in [0.25, 0.3) is 0 Å². The van der Waals surface area contributed by atoms with Gasteiger partial charge in [0.2, 0.25) is 0 Å². The van der Waals surface area contributed by atoms with Crippen LogP contribution in [-0.4, -0.2) is 29.2 Å². The van der Waals surface area contributed by atoms with Gasteiger partial charge in [0.15, 0.2) is 0 Å². The summed E-state index contributed by atoms with van der Waals surface area (Å²) in [6.07, 6.45) is 1.31. The normalized spacial score (nSPS) is 12.8. The van der Waals surface area contributed by atoms with Crippen molar-refractivity contribution in [2.24, 2.45) is 13.0 Å². The first-order valence-corrected chi connectivity index (χ1v) is 6.68. The number of carbonyl (C=O) groups is 1. The highest BCUT2D eigenvalue weighted by molar-refractivity contribution is 9.10. The van der Waals surface area contributed by atoms with Crippen molar-refractivity contribution in [1.82, 2.24) is 15.1 Å². The lowest BCUT2D eigenvalue weighted by Gasteiger charge is -2.09. The summed E-state index contributed by atoms with van der Waals surface area (Å²) in [6.45, 7) is 4.72. The zero-order valence-electron chi connectivity index (χ0n) is 10.9. The molecule has 0 saturated heterocycles. The minimum atomic E-state index is 0.0341. The summed E-state index contributed by atoms with van der Waals surface area (Å²) in [5.41, 5.74) is 1.98. The van der Waals surface area contributed by atoms with Crippen molar-refractivity contribution < 1.29 is 4.79 Å². The van der Waals surface area contributed by atoms with Gasteiger partial charge in [-0.25, -0.2) is 0 Å². The van der Waals surface area contributed by atoms with Crippen LogP contribution in [-0.2, 0) is 24.7 Å². The molecule has 5 heteroatoms. The van der Waals surface area contributed by atoms with Crippen LogP contribution in [0.5, 0.6) is 0 Å². The van der Waals surface area contributed by atoms with E-state index in [2.05, 4.69) is 33.3 Å². The Morgan fingerprint density at radius 3 is 2.71 bits per heavy atom. The second kappa shape index (κ2) is 6.31. The Labute approximate surface area is 111 Å². The molecule has 0 aliphatic carbocycles. The van der Waals surface area contributed by atoms with Crippen molar-refractivity contribution in [1.29, 1.82) is 0 Å². The van der Waals surface area contributed by atoms with Crippen molar-refractivity contribution in [2.45, 2.75) is 26.7 Å². The van der Waals surface area contributed by atoms with Crippen LogP contribution in [0.1, 0.15) is 25.2 Å². The summed E-state index contributed by atoms with van der Waals surface area (Å²) in [5.74, 6) is 0.276. The van der Waals surface area contributed by atoms with Gasteiger partial charge in [0.05, 0.1) is 15.9 Å². The number of nitrogens with one attached hydrogen (secondary N) is 1. The number of hydrogen-bond donors (Lipinski definition) is 1. The van der Waals surface area contributed by atoms with E-state index >= 15 is 0 Å². The van der Waals surface area contributed by atoms with Crippen molar-refractivity contribution in [3.05, 3.63) is 15.9 Å². The number of carbonyl (C=O) groups excluding carboxylic acids is 1. The maximum absolute atomic E-state index is 12.0. The number of aromatic nitrogens is 2. The molecule has 1 N–H and O–H groups in total. The van der Waals surface area contributed by atoms with Crippen LogP contribution >= 0.6 is 15.9 Å². The lowest BCUT2D eigenvalue weighted by molar-refractivity contribution is -0.121. The summed E-state index contributed by atoms with van der Waals surface area (Å²) >= 11 is 3.53. The summed E-state index contributed by atoms with van der Waals surface area (Å²) in [4.78, 5) is 12.0. The number of ketones is 1.